The molecule has 0 bridgehead atoms. The number of benzene rings is 1. The van der Waals surface area contributed by atoms with Crippen LogP contribution in [0.3, 0.4) is 0 Å². The number of carbonyl (C=O) groups is 2. The van der Waals surface area contributed by atoms with Crippen LogP contribution < -0.4 is 15.1 Å². The molecule has 0 radical (unpaired) electrons. The molecular formula is C22H23ClF5N5O3. The Morgan fingerprint density at radius 3 is 2.61 bits per heavy atom. The number of aromatic nitrogens is 1. The predicted octanol–water partition coefficient (Wildman–Crippen LogP) is 3.19. The largest absolute Gasteiger partial charge is 0.416 e. The molecule has 3 amide bonds. The van der Waals surface area contributed by atoms with Crippen molar-refractivity contribution in [3.63, 3.8) is 0 Å². The molecule has 1 aliphatic rings. The highest BCUT2D eigenvalue weighted by atomic mass is 35.5. The summed E-state index contributed by atoms with van der Waals surface area (Å²) < 4.78 is 68.5. The number of anilines is 2. The Kier molecular flexibility index (Phi) is 8.06. The third-order valence-corrected chi connectivity index (χ3v) is 5.90. The van der Waals surface area contributed by atoms with Gasteiger partial charge in [-0.3, -0.25) is 9.69 Å². The monoisotopic (exact) mass is 535 g/mol. The van der Waals surface area contributed by atoms with Crippen LogP contribution in [0, 0.1) is 18.6 Å². The molecule has 1 aliphatic heterocycles. The average molecular weight is 536 g/mol. The summed E-state index contributed by atoms with van der Waals surface area (Å²) in [6.45, 7) is 0.823. The molecule has 1 aromatic carbocycles. The number of halogens is 6. The molecule has 3 rings (SSSR count). The number of alkyl halides is 3. The SMILES string of the molecule is CNCC(O)CN1CC(C(=O)N(C)c2ccc(F)c(Cl)c2F)N(c2cc(C(F)(F)F)cc(C)n2)C1=O. The molecule has 2 heterocycles. The van der Waals surface area contributed by atoms with E-state index in [9.17, 15) is 36.6 Å². The molecule has 14 heteroatoms. The summed E-state index contributed by atoms with van der Waals surface area (Å²) in [5.41, 5.74) is -1.54. The molecule has 2 atom stereocenters. The number of aliphatic hydroxyl groups excluding tert-OH is 1. The summed E-state index contributed by atoms with van der Waals surface area (Å²) in [4.78, 5) is 33.3. The molecule has 1 saturated heterocycles. The van der Waals surface area contributed by atoms with Crippen LogP contribution in [0.2, 0.25) is 5.02 Å². The van der Waals surface area contributed by atoms with Gasteiger partial charge in [0, 0.05) is 25.8 Å². The van der Waals surface area contributed by atoms with Crippen LogP contribution in [0.15, 0.2) is 24.3 Å². The van der Waals surface area contributed by atoms with Gasteiger partial charge in [0.05, 0.1) is 23.9 Å². The number of β-amino-alcohol motifs (C(OH)–C–C–N with tert-alkyl or cyclic N) is 1. The van der Waals surface area contributed by atoms with Gasteiger partial charge in [0.2, 0.25) is 0 Å². The number of aliphatic hydroxyl groups is 1. The Bertz CT molecular complexity index is 1170. The molecule has 0 saturated carbocycles. The van der Waals surface area contributed by atoms with E-state index in [0.29, 0.717) is 6.07 Å². The lowest BCUT2D eigenvalue weighted by atomic mass is 10.1. The van der Waals surface area contributed by atoms with Crippen LogP contribution in [0.5, 0.6) is 0 Å². The van der Waals surface area contributed by atoms with Crippen molar-refractivity contribution in [1.82, 2.24) is 15.2 Å². The van der Waals surface area contributed by atoms with Crippen molar-refractivity contribution < 1.29 is 36.6 Å². The van der Waals surface area contributed by atoms with Crippen molar-refractivity contribution in [3.05, 3.63) is 52.2 Å². The molecule has 8 nitrogen and oxygen atoms in total. The minimum Gasteiger partial charge on any atom is -0.390 e. The number of nitrogens with one attached hydrogen (secondary N) is 1. The van der Waals surface area contributed by atoms with Crippen LogP contribution in [0.4, 0.5) is 38.3 Å². The molecule has 1 aromatic heterocycles. The summed E-state index contributed by atoms with van der Waals surface area (Å²) in [5.74, 6) is -3.61. The van der Waals surface area contributed by atoms with E-state index in [2.05, 4.69) is 10.3 Å². The van der Waals surface area contributed by atoms with E-state index < -0.39 is 64.0 Å². The number of hydrogen-bond acceptors (Lipinski definition) is 5. The summed E-state index contributed by atoms with van der Waals surface area (Å²) in [7, 11) is 2.72. The van der Waals surface area contributed by atoms with Crippen LogP contribution >= 0.6 is 11.6 Å². The van der Waals surface area contributed by atoms with Crippen LogP contribution in [0.1, 0.15) is 11.3 Å². The van der Waals surface area contributed by atoms with Gasteiger partial charge in [0.25, 0.3) is 5.91 Å². The number of amides is 3. The average Bonchev–Trinajstić information content (AvgIpc) is 3.11. The molecule has 2 unspecified atom stereocenters. The Balaban J connectivity index is 2.05. The van der Waals surface area contributed by atoms with Gasteiger partial charge in [0.1, 0.15) is 22.7 Å². The first-order valence-corrected chi connectivity index (χ1v) is 11.0. The highest BCUT2D eigenvalue weighted by molar-refractivity contribution is 6.31. The van der Waals surface area contributed by atoms with Crippen LogP contribution in [0.25, 0.3) is 0 Å². The molecular weight excluding hydrogens is 513 g/mol. The topological polar surface area (TPSA) is 89.0 Å². The predicted molar refractivity (Wildman–Crippen MR) is 122 cm³/mol. The van der Waals surface area contributed by atoms with Gasteiger partial charge in [-0.2, -0.15) is 13.2 Å². The molecule has 0 spiro atoms. The van der Waals surface area contributed by atoms with Gasteiger partial charge in [-0.15, -0.1) is 0 Å². The van der Waals surface area contributed by atoms with Gasteiger partial charge in [0.15, 0.2) is 5.82 Å². The summed E-state index contributed by atoms with van der Waals surface area (Å²) >= 11 is 5.62. The number of nitrogens with zero attached hydrogens (tertiary/aromatic N) is 4. The van der Waals surface area contributed by atoms with Crippen molar-refractivity contribution >= 4 is 35.0 Å². The molecule has 0 aliphatic carbocycles. The molecule has 2 aromatic rings. The van der Waals surface area contributed by atoms with E-state index in [1.807, 2.05) is 0 Å². The first-order valence-electron chi connectivity index (χ1n) is 10.6. The number of likely N-dealkylation sites (N-methyl/N-ethyl adjacent to an activating group) is 2. The normalized spacial score (nSPS) is 17.1. The first kappa shape index (κ1) is 27.6. The number of urea groups is 1. The minimum atomic E-state index is -4.75. The zero-order chi connectivity index (χ0) is 26.9. The van der Waals surface area contributed by atoms with Crippen molar-refractivity contribution in [3.8, 4) is 0 Å². The Hall–Kier alpha value is -3.03. The van der Waals surface area contributed by atoms with E-state index in [-0.39, 0.29) is 25.3 Å². The van der Waals surface area contributed by atoms with Gasteiger partial charge < -0.3 is 20.2 Å². The smallest absolute Gasteiger partial charge is 0.390 e. The van der Waals surface area contributed by atoms with E-state index in [1.54, 1.807) is 7.05 Å². The lowest BCUT2D eigenvalue weighted by molar-refractivity contribution is -0.137. The number of carbonyl (C=O) groups excluding carboxylic acids is 2. The summed E-state index contributed by atoms with van der Waals surface area (Å²) in [6, 6.07) is 0.922. The maximum atomic E-state index is 14.6. The van der Waals surface area contributed by atoms with Crippen molar-refractivity contribution in [1.29, 1.82) is 0 Å². The number of aryl methyl sites for hydroxylation is 1. The maximum absolute atomic E-state index is 14.6. The standard InChI is InChI=1S/C22H23ClF5N5O3/c1-11-6-12(22(26,27)28)7-17(30-11)33-16(10-32(21(33)36)9-13(34)8-29-2)20(35)31(3)15-5-4-14(24)18(23)19(15)25/h4-7,13,16,29,34H,8-10H2,1-3H3. The van der Waals surface area contributed by atoms with E-state index in [1.165, 1.54) is 6.92 Å². The fraction of sp³-hybridized carbons (Fsp3) is 0.409. The van der Waals surface area contributed by atoms with Gasteiger partial charge >= 0.3 is 12.2 Å². The number of rotatable bonds is 7. The van der Waals surface area contributed by atoms with E-state index in [0.717, 1.165) is 39.9 Å². The molecule has 1 fully saturated rings. The van der Waals surface area contributed by atoms with E-state index >= 15 is 0 Å². The van der Waals surface area contributed by atoms with Crippen molar-refractivity contribution in [2.45, 2.75) is 25.2 Å². The van der Waals surface area contributed by atoms with Crippen LogP contribution in [-0.2, 0) is 11.0 Å². The van der Waals surface area contributed by atoms with Crippen LogP contribution in [-0.4, -0.2) is 72.8 Å². The Morgan fingerprint density at radius 1 is 1.33 bits per heavy atom. The fourth-order valence-electron chi connectivity index (χ4n) is 3.86. The molecule has 196 valence electrons. The fourth-order valence-corrected chi connectivity index (χ4v) is 4.02. The number of hydrogen-bond donors (Lipinski definition) is 2. The zero-order valence-electron chi connectivity index (χ0n) is 19.4. The molecule has 36 heavy (non-hydrogen) atoms. The minimum absolute atomic E-state index is 0.0581. The second-order valence-electron chi connectivity index (χ2n) is 8.23. The highest BCUT2D eigenvalue weighted by Gasteiger charge is 2.46. The third kappa shape index (κ3) is 5.52. The number of pyridine rings is 1. The second kappa shape index (κ2) is 10.5. The van der Waals surface area contributed by atoms with Crippen molar-refractivity contribution in [2.24, 2.45) is 0 Å². The van der Waals surface area contributed by atoms with E-state index in [4.69, 9.17) is 11.6 Å². The quantitative estimate of drug-likeness (QED) is 0.420. The Morgan fingerprint density at radius 2 is 2.00 bits per heavy atom. The Labute approximate surface area is 208 Å². The second-order valence-corrected chi connectivity index (χ2v) is 8.61. The highest BCUT2D eigenvalue weighted by Crippen LogP contribution is 2.35. The maximum Gasteiger partial charge on any atom is 0.416 e. The molecule has 2 N–H and O–H groups in total. The van der Waals surface area contributed by atoms with Gasteiger partial charge in [-0.05, 0) is 38.2 Å². The summed E-state index contributed by atoms with van der Waals surface area (Å²) in [6.07, 6.45) is -5.80. The van der Waals surface area contributed by atoms with Gasteiger partial charge in [-0.1, -0.05) is 11.6 Å². The van der Waals surface area contributed by atoms with Crippen molar-refractivity contribution in [2.75, 3.05) is 43.5 Å². The zero-order valence-corrected chi connectivity index (χ0v) is 20.2. The lowest BCUT2D eigenvalue weighted by Crippen LogP contribution is -2.47. The summed E-state index contributed by atoms with van der Waals surface area (Å²) in [5, 5.41) is 12.0. The van der Waals surface area contributed by atoms with Gasteiger partial charge in [-0.25, -0.2) is 18.6 Å². The first-order chi connectivity index (χ1) is 16.8. The lowest BCUT2D eigenvalue weighted by Gasteiger charge is -2.27. The third-order valence-electron chi connectivity index (χ3n) is 5.56.